The number of carbonyl (C=O) groups is 3. The molecule has 0 unspecified atom stereocenters. The SMILES string of the molecule is CC(C)c1nc(CN(C)C(=O)N[C@H](C(=O)N[C@H](CC[C@H](Cc2ccccc2)NC(=O)OCc2cccnc2)Cc2ccccc2)C(C)C)cs1. The first kappa shape index (κ1) is 38.0. The van der Waals surface area contributed by atoms with Gasteiger partial charge in [0.2, 0.25) is 5.91 Å². The molecule has 10 nitrogen and oxygen atoms in total. The fourth-order valence-electron chi connectivity index (χ4n) is 5.54. The van der Waals surface area contributed by atoms with Gasteiger partial charge in [0.05, 0.1) is 17.2 Å². The van der Waals surface area contributed by atoms with Crippen LogP contribution in [0.2, 0.25) is 0 Å². The molecule has 0 bridgehead atoms. The van der Waals surface area contributed by atoms with Crippen molar-refractivity contribution in [1.82, 2.24) is 30.8 Å². The minimum absolute atomic E-state index is 0.116. The van der Waals surface area contributed by atoms with E-state index in [0.717, 1.165) is 27.4 Å². The van der Waals surface area contributed by atoms with Gasteiger partial charge in [-0.2, -0.15) is 0 Å². The minimum atomic E-state index is -0.745. The summed E-state index contributed by atoms with van der Waals surface area (Å²) in [6, 6.07) is 22.0. The summed E-state index contributed by atoms with van der Waals surface area (Å²) in [6.07, 6.45) is 5.19. The Morgan fingerprint density at radius 3 is 1.94 bits per heavy atom. The number of hydrogen-bond donors (Lipinski definition) is 3. The van der Waals surface area contributed by atoms with Gasteiger partial charge in [-0.25, -0.2) is 14.6 Å². The van der Waals surface area contributed by atoms with Gasteiger partial charge in [0, 0.05) is 48.4 Å². The third kappa shape index (κ3) is 12.6. The Bertz CT molecular complexity index is 1620. The maximum absolute atomic E-state index is 13.9. The van der Waals surface area contributed by atoms with Crippen molar-refractivity contribution in [2.75, 3.05) is 7.05 Å². The fraction of sp³-hybridized carbons (Fsp3) is 0.410. The zero-order valence-corrected chi connectivity index (χ0v) is 30.5. The Balaban J connectivity index is 1.43. The smallest absolute Gasteiger partial charge is 0.407 e. The molecule has 0 saturated carbocycles. The average Bonchev–Trinajstić information content (AvgIpc) is 3.58. The first-order valence-corrected chi connectivity index (χ1v) is 18.1. The summed E-state index contributed by atoms with van der Waals surface area (Å²) in [4.78, 5) is 50.3. The summed E-state index contributed by atoms with van der Waals surface area (Å²) in [7, 11) is 1.71. The quantitative estimate of drug-likeness (QED) is 0.111. The molecule has 3 atom stereocenters. The Hall–Kier alpha value is -4.77. The molecule has 11 heteroatoms. The third-order valence-corrected chi connectivity index (χ3v) is 9.51. The molecule has 0 spiro atoms. The van der Waals surface area contributed by atoms with Crippen molar-refractivity contribution in [3.8, 4) is 0 Å². The van der Waals surface area contributed by atoms with Gasteiger partial charge in [-0.05, 0) is 48.8 Å². The van der Waals surface area contributed by atoms with Crippen molar-refractivity contribution in [3.63, 3.8) is 0 Å². The Kier molecular flexibility index (Phi) is 14.8. The number of hydrogen-bond acceptors (Lipinski definition) is 7. The van der Waals surface area contributed by atoms with E-state index in [1.807, 2.05) is 86.0 Å². The van der Waals surface area contributed by atoms with Crippen molar-refractivity contribution in [3.05, 3.63) is 118 Å². The van der Waals surface area contributed by atoms with Crippen molar-refractivity contribution in [1.29, 1.82) is 0 Å². The summed E-state index contributed by atoms with van der Waals surface area (Å²) < 4.78 is 5.52. The van der Waals surface area contributed by atoms with Crippen LogP contribution in [0.1, 0.15) is 73.8 Å². The van der Waals surface area contributed by atoms with Gasteiger partial charge in [-0.3, -0.25) is 9.78 Å². The largest absolute Gasteiger partial charge is 0.445 e. The summed E-state index contributed by atoms with van der Waals surface area (Å²) in [5.74, 6) is -0.0816. The molecule has 0 aliphatic rings. The van der Waals surface area contributed by atoms with E-state index in [-0.39, 0.29) is 36.5 Å². The van der Waals surface area contributed by atoms with E-state index in [2.05, 4.69) is 39.8 Å². The van der Waals surface area contributed by atoms with Gasteiger partial charge in [-0.1, -0.05) is 94.4 Å². The number of rotatable bonds is 17. The molecule has 2 heterocycles. The van der Waals surface area contributed by atoms with Crippen molar-refractivity contribution in [2.24, 2.45) is 5.92 Å². The number of amides is 4. The molecular weight excluding hydrogens is 649 g/mol. The lowest BCUT2D eigenvalue weighted by atomic mass is 9.95. The van der Waals surface area contributed by atoms with Gasteiger partial charge in [-0.15, -0.1) is 11.3 Å². The fourth-order valence-corrected chi connectivity index (χ4v) is 6.36. The lowest BCUT2D eigenvalue weighted by Gasteiger charge is -2.28. The second kappa shape index (κ2) is 19.4. The average molecular weight is 699 g/mol. The first-order chi connectivity index (χ1) is 24.1. The Labute approximate surface area is 300 Å². The number of aromatic nitrogens is 2. The predicted octanol–water partition coefficient (Wildman–Crippen LogP) is 6.87. The van der Waals surface area contributed by atoms with E-state index in [4.69, 9.17) is 4.74 Å². The second-order valence-electron chi connectivity index (χ2n) is 13.3. The Morgan fingerprint density at radius 1 is 0.800 bits per heavy atom. The molecule has 4 amide bonds. The molecule has 2 aromatic heterocycles. The highest BCUT2D eigenvalue weighted by molar-refractivity contribution is 7.09. The summed E-state index contributed by atoms with van der Waals surface area (Å²) in [5.41, 5.74) is 3.78. The van der Waals surface area contributed by atoms with Crippen molar-refractivity contribution >= 4 is 29.4 Å². The highest BCUT2D eigenvalue weighted by atomic mass is 32.1. The molecule has 0 aliphatic carbocycles. The van der Waals surface area contributed by atoms with E-state index in [9.17, 15) is 14.4 Å². The number of benzene rings is 2. The summed E-state index contributed by atoms with van der Waals surface area (Å²) in [5, 5.41) is 12.3. The predicted molar refractivity (Wildman–Crippen MR) is 198 cm³/mol. The number of ether oxygens (including phenoxy) is 1. The number of pyridine rings is 1. The van der Waals surface area contributed by atoms with Crippen LogP contribution in [0.25, 0.3) is 0 Å². The molecule has 0 fully saturated rings. The number of carbonyl (C=O) groups excluding carboxylic acids is 3. The lowest BCUT2D eigenvalue weighted by Crippen LogP contribution is -2.54. The molecule has 4 rings (SSSR count). The molecule has 266 valence electrons. The lowest BCUT2D eigenvalue weighted by molar-refractivity contribution is -0.124. The van der Waals surface area contributed by atoms with E-state index >= 15 is 0 Å². The normalized spacial score (nSPS) is 12.9. The number of nitrogens with one attached hydrogen (secondary N) is 3. The molecule has 2 aromatic carbocycles. The molecule has 4 aromatic rings. The highest BCUT2D eigenvalue weighted by Gasteiger charge is 2.28. The number of thiazole rings is 1. The second-order valence-corrected chi connectivity index (χ2v) is 14.2. The number of alkyl carbamates (subject to hydrolysis) is 1. The van der Waals surface area contributed by atoms with Gasteiger partial charge < -0.3 is 25.6 Å². The van der Waals surface area contributed by atoms with Crippen molar-refractivity contribution < 1.29 is 19.1 Å². The molecule has 0 aliphatic heterocycles. The van der Waals surface area contributed by atoms with Crippen molar-refractivity contribution in [2.45, 2.75) is 90.6 Å². The van der Waals surface area contributed by atoms with Gasteiger partial charge in [0.1, 0.15) is 12.6 Å². The van der Waals surface area contributed by atoms with E-state index in [0.29, 0.717) is 38.1 Å². The van der Waals surface area contributed by atoms with Gasteiger partial charge in [0.25, 0.3) is 0 Å². The maximum atomic E-state index is 13.9. The minimum Gasteiger partial charge on any atom is -0.445 e. The van der Waals surface area contributed by atoms with Crippen LogP contribution in [0.4, 0.5) is 9.59 Å². The number of nitrogens with zero attached hydrogens (tertiary/aromatic N) is 3. The van der Waals surface area contributed by atoms with Gasteiger partial charge >= 0.3 is 12.1 Å². The molecule has 0 saturated heterocycles. The van der Waals surface area contributed by atoms with Crippen LogP contribution >= 0.6 is 11.3 Å². The van der Waals surface area contributed by atoms with E-state index < -0.39 is 12.1 Å². The molecule has 3 N–H and O–H groups in total. The zero-order chi connectivity index (χ0) is 35.9. The summed E-state index contributed by atoms with van der Waals surface area (Å²) >= 11 is 1.59. The van der Waals surface area contributed by atoms with Crippen LogP contribution in [-0.2, 0) is 35.5 Å². The Morgan fingerprint density at radius 2 is 1.40 bits per heavy atom. The third-order valence-electron chi connectivity index (χ3n) is 8.31. The van der Waals surface area contributed by atoms with E-state index in [1.165, 1.54) is 0 Å². The zero-order valence-electron chi connectivity index (χ0n) is 29.7. The molecule has 0 radical (unpaired) electrons. The van der Waals surface area contributed by atoms with E-state index in [1.54, 1.807) is 41.7 Å². The van der Waals surface area contributed by atoms with Crippen LogP contribution < -0.4 is 16.0 Å². The van der Waals surface area contributed by atoms with Crippen LogP contribution in [0.5, 0.6) is 0 Å². The molecule has 50 heavy (non-hydrogen) atoms. The highest BCUT2D eigenvalue weighted by Crippen LogP contribution is 2.20. The monoisotopic (exact) mass is 698 g/mol. The van der Waals surface area contributed by atoms with Crippen LogP contribution in [-0.4, -0.2) is 58.1 Å². The standard InChI is InChI=1S/C39H50N6O4S/c1-27(2)35(44-38(47)45(5)24-34-26-50-37(42-34)28(3)4)36(46)41-32(21-29-13-8-6-9-14-29)18-19-33(22-30-15-10-7-11-16-30)43-39(48)49-25-31-17-12-20-40-23-31/h6-17,20,23,26-28,32-33,35H,18-19,21-22,24-25H2,1-5H3,(H,41,46)(H,43,48)(H,44,47)/t32-,33-,35+/m1/s1. The number of urea groups is 1. The van der Waals surface area contributed by atoms with Gasteiger partial charge in [0.15, 0.2) is 0 Å². The van der Waals surface area contributed by atoms with Crippen LogP contribution in [0, 0.1) is 5.92 Å². The molecular formula is C39H50N6O4S. The topological polar surface area (TPSA) is 126 Å². The maximum Gasteiger partial charge on any atom is 0.407 e. The first-order valence-electron chi connectivity index (χ1n) is 17.2. The van der Waals surface area contributed by atoms with Crippen LogP contribution in [0.15, 0.2) is 90.6 Å². The van der Waals surface area contributed by atoms with Crippen LogP contribution in [0.3, 0.4) is 0 Å². The summed E-state index contributed by atoms with van der Waals surface area (Å²) in [6.45, 7) is 8.49.